The molecule has 0 spiro atoms. The Morgan fingerprint density at radius 3 is 2.58 bits per heavy atom. The van der Waals surface area contributed by atoms with Crippen LogP contribution in [0.25, 0.3) is 0 Å². The number of rotatable bonds is 5. The van der Waals surface area contributed by atoms with Gasteiger partial charge in [-0.25, -0.2) is 4.39 Å². The number of halogens is 3. The molecule has 0 aliphatic heterocycles. The van der Waals surface area contributed by atoms with Crippen LogP contribution in [0, 0.1) is 15.9 Å². The first-order valence-corrected chi connectivity index (χ1v) is 7.65. The molecule has 0 unspecified atom stereocenters. The summed E-state index contributed by atoms with van der Waals surface area (Å²) in [6.45, 7) is 0.0609. The zero-order valence-corrected chi connectivity index (χ0v) is 14.1. The lowest BCUT2D eigenvalue weighted by Crippen LogP contribution is -2.28. The minimum absolute atomic E-state index is 0.0609. The Balaban J connectivity index is 2.15. The minimum atomic E-state index is -0.558. The van der Waals surface area contributed by atoms with Gasteiger partial charge in [-0.1, -0.05) is 29.3 Å². The van der Waals surface area contributed by atoms with E-state index in [4.69, 9.17) is 23.2 Å². The second kappa shape index (κ2) is 7.59. The van der Waals surface area contributed by atoms with Crippen LogP contribution in [0.4, 0.5) is 10.1 Å². The predicted molar refractivity (Wildman–Crippen MR) is 89.7 cm³/mol. The number of nitro groups is 1. The van der Waals surface area contributed by atoms with E-state index in [1.165, 1.54) is 48.3 Å². The maximum atomic E-state index is 13.8. The van der Waals surface area contributed by atoms with Crippen molar-refractivity contribution in [2.24, 2.45) is 0 Å². The summed E-state index contributed by atoms with van der Waals surface area (Å²) in [5.74, 6) is -0.942. The van der Waals surface area contributed by atoms with Crippen molar-refractivity contribution in [1.82, 2.24) is 4.90 Å². The van der Waals surface area contributed by atoms with Gasteiger partial charge in [0.2, 0.25) is 5.91 Å². The second-order valence-electron chi connectivity index (χ2n) is 5.16. The van der Waals surface area contributed by atoms with Gasteiger partial charge < -0.3 is 4.90 Å². The molecule has 0 bridgehead atoms. The third-order valence-corrected chi connectivity index (χ3v) is 4.19. The lowest BCUT2D eigenvalue weighted by Gasteiger charge is -2.18. The molecule has 5 nitrogen and oxygen atoms in total. The van der Waals surface area contributed by atoms with Gasteiger partial charge in [0.05, 0.1) is 11.3 Å². The van der Waals surface area contributed by atoms with E-state index in [1.807, 2.05) is 0 Å². The van der Waals surface area contributed by atoms with Gasteiger partial charge in [-0.3, -0.25) is 14.9 Å². The Morgan fingerprint density at radius 2 is 1.96 bits per heavy atom. The maximum absolute atomic E-state index is 13.8. The number of nitro benzene ring substituents is 1. The van der Waals surface area contributed by atoms with Crippen LogP contribution >= 0.6 is 23.2 Å². The summed E-state index contributed by atoms with van der Waals surface area (Å²) in [7, 11) is 1.51. The zero-order chi connectivity index (χ0) is 17.9. The third-order valence-electron chi connectivity index (χ3n) is 3.46. The first-order valence-electron chi connectivity index (χ1n) is 6.89. The molecule has 1 amide bonds. The summed E-state index contributed by atoms with van der Waals surface area (Å²) >= 11 is 11.9. The van der Waals surface area contributed by atoms with Crippen molar-refractivity contribution in [3.05, 3.63) is 73.5 Å². The van der Waals surface area contributed by atoms with Crippen molar-refractivity contribution >= 4 is 34.8 Å². The number of hydrogen-bond acceptors (Lipinski definition) is 3. The van der Waals surface area contributed by atoms with E-state index in [9.17, 15) is 19.3 Å². The highest BCUT2D eigenvalue weighted by molar-refractivity contribution is 6.31. The minimum Gasteiger partial charge on any atom is -0.341 e. The van der Waals surface area contributed by atoms with E-state index in [0.717, 1.165) is 0 Å². The van der Waals surface area contributed by atoms with E-state index in [1.54, 1.807) is 0 Å². The van der Waals surface area contributed by atoms with Crippen LogP contribution < -0.4 is 0 Å². The van der Waals surface area contributed by atoms with Crippen molar-refractivity contribution in [3.63, 3.8) is 0 Å². The number of nitrogens with zero attached hydrogens (tertiary/aromatic N) is 2. The number of hydrogen-bond donors (Lipinski definition) is 0. The molecule has 2 aromatic carbocycles. The molecular weight excluding hydrogens is 358 g/mol. The SMILES string of the molecule is CN(Cc1cc([N+](=O)[O-])ccc1Cl)C(=O)Cc1c(F)cccc1Cl. The molecule has 0 saturated heterocycles. The molecule has 0 N–H and O–H groups in total. The normalized spacial score (nSPS) is 10.5. The van der Waals surface area contributed by atoms with Crippen LogP contribution in [0.3, 0.4) is 0 Å². The van der Waals surface area contributed by atoms with E-state index in [2.05, 4.69) is 0 Å². The smallest absolute Gasteiger partial charge is 0.269 e. The average Bonchev–Trinajstić information content (AvgIpc) is 2.52. The van der Waals surface area contributed by atoms with Gasteiger partial charge in [0.1, 0.15) is 5.82 Å². The van der Waals surface area contributed by atoms with E-state index >= 15 is 0 Å². The number of carbonyl (C=O) groups excluding carboxylic acids is 1. The molecule has 0 heterocycles. The van der Waals surface area contributed by atoms with Gasteiger partial charge >= 0.3 is 0 Å². The fourth-order valence-corrected chi connectivity index (χ4v) is 2.53. The first-order chi connectivity index (χ1) is 11.3. The highest BCUT2D eigenvalue weighted by atomic mass is 35.5. The molecule has 0 aliphatic rings. The molecule has 24 heavy (non-hydrogen) atoms. The summed E-state index contributed by atoms with van der Waals surface area (Å²) in [6, 6.07) is 8.19. The second-order valence-corrected chi connectivity index (χ2v) is 5.97. The van der Waals surface area contributed by atoms with Crippen molar-refractivity contribution in [2.45, 2.75) is 13.0 Å². The standard InChI is InChI=1S/C16H13Cl2FN2O3/c1-20(9-10-7-11(21(23)24)5-6-13(10)17)16(22)8-12-14(18)3-2-4-15(12)19/h2-7H,8-9H2,1H3. The fraction of sp³-hybridized carbons (Fsp3) is 0.188. The van der Waals surface area contributed by atoms with E-state index < -0.39 is 10.7 Å². The Morgan fingerprint density at radius 1 is 1.25 bits per heavy atom. The van der Waals surface area contributed by atoms with Gasteiger partial charge in [-0.2, -0.15) is 0 Å². The Kier molecular flexibility index (Phi) is 5.75. The summed E-state index contributed by atoms with van der Waals surface area (Å²) in [4.78, 5) is 23.9. The number of amides is 1. The van der Waals surface area contributed by atoms with Gasteiger partial charge in [0.25, 0.3) is 5.69 Å². The molecule has 0 aliphatic carbocycles. The number of carbonyl (C=O) groups is 1. The topological polar surface area (TPSA) is 63.4 Å². The molecule has 0 atom stereocenters. The average molecular weight is 371 g/mol. The van der Waals surface area contributed by atoms with Gasteiger partial charge in [0.15, 0.2) is 0 Å². The summed E-state index contributed by atoms with van der Waals surface area (Å²) in [5.41, 5.74) is 0.426. The molecule has 0 saturated carbocycles. The summed E-state index contributed by atoms with van der Waals surface area (Å²) in [5, 5.41) is 11.3. The third kappa shape index (κ3) is 4.21. The summed E-state index contributed by atoms with van der Waals surface area (Å²) in [6.07, 6.45) is -0.214. The van der Waals surface area contributed by atoms with Crippen molar-refractivity contribution in [3.8, 4) is 0 Å². The van der Waals surface area contributed by atoms with Crippen LogP contribution in [-0.4, -0.2) is 22.8 Å². The van der Waals surface area contributed by atoms with Crippen molar-refractivity contribution in [2.75, 3.05) is 7.05 Å². The van der Waals surface area contributed by atoms with Gasteiger partial charge in [0, 0.05) is 41.3 Å². The summed E-state index contributed by atoms with van der Waals surface area (Å²) < 4.78 is 13.8. The number of benzene rings is 2. The van der Waals surface area contributed by atoms with Crippen LogP contribution in [0.5, 0.6) is 0 Å². The lowest BCUT2D eigenvalue weighted by molar-refractivity contribution is -0.384. The van der Waals surface area contributed by atoms with Gasteiger partial charge in [-0.05, 0) is 23.8 Å². The largest absolute Gasteiger partial charge is 0.341 e. The Hall–Kier alpha value is -2.18. The highest BCUT2D eigenvalue weighted by Gasteiger charge is 2.17. The zero-order valence-electron chi connectivity index (χ0n) is 12.6. The molecule has 126 valence electrons. The lowest BCUT2D eigenvalue weighted by atomic mass is 10.1. The van der Waals surface area contributed by atoms with Crippen LogP contribution in [0.15, 0.2) is 36.4 Å². The molecule has 2 rings (SSSR count). The van der Waals surface area contributed by atoms with Crippen LogP contribution in [-0.2, 0) is 17.8 Å². The fourth-order valence-electron chi connectivity index (χ4n) is 2.13. The molecular formula is C16H13Cl2FN2O3. The van der Waals surface area contributed by atoms with Crippen molar-refractivity contribution in [1.29, 1.82) is 0 Å². The van der Waals surface area contributed by atoms with E-state index in [0.29, 0.717) is 10.6 Å². The Bertz CT molecular complexity index is 779. The Labute approximate surface area is 147 Å². The molecule has 0 aromatic heterocycles. The molecule has 0 radical (unpaired) electrons. The predicted octanol–water partition coefficient (Wildman–Crippen LogP) is 4.24. The van der Waals surface area contributed by atoms with E-state index in [-0.39, 0.29) is 35.1 Å². The molecule has 8 heteroatoms. The molecule has 2 aromatic rings. The van der Waals surface area contributed by atoms with Gasteiger partial charge in [-0.15, -0.1) is 0 Å². The number of non-ortho nitro benzene ring substituents is 1. The quantitative estimate of drug-likeness (QED) is 0.583. The van der Waals surface area contributed by atoms with Crippen LogP contribution in [0.1, 0.15) is 11.1 Å². The number of likely N-dealkylation sites (N-methyl/N-ethyl adjacent to an activating group) is 1. The maximum Gasteiger partial charge on any atom is 0.269 e. The highest BCUT2D eigenvalue weighted by Crippen LogP contribution is 2.24. The van der Waals surface area contributed by atoms with Crippen LogP contribution in [0.2, 0.25) is 10.0 Å². The first kappa shape index (κ1) is 18.2. The molecule has 0 fully saturated rings. The van der Waals surface area contributed by atoms with Crippen molar-refractivity contribution < 1.29 is 14.1 Å². The monoisotopic (exact) mass is 370 g/mol.